The minimum atomic E-state index is -0.218. The number of rotatable bonds is 2. The maximum atomic E-state index is 12.0. The van der Waals surface area contributed by atoms with E-state index in [1.807, 2.05) is 6.07 Å². The predicted molar refractivity (Wildman–Crippen MR) is 65.1 cm³/mol. The Balaban J connectivity index is 1.67. The molecule has 0 radical (unpaired) electrons. The molecule has 0 aromatic heterocycles. The molecule has 1 N–H and O–H groups in total. The zero-order valence-corrected chi connectivity index (χ0v) is 10.3. The lowest BCUT2D eigenvalue weighted by Gasteiger charge is -2.13. The van der Waals surface area contributed by atoms with Crippen LogP contribution in [0.2, 0.25) is 0 Å². The second-order valence-electron chi connectivity index (χ2n) is 5.26. The number of Topliss-reactive ketones (excluding diaryl/α,β-unsaturated/α-hetero) is 1. The van der Waals surface area contributed by atoms with Crippen molar-refractivity contribution in [2.75, 3.05) is 6.79 Å². The van der Waals surface area contributed by atoms with Gasteiger partial charge in [0.25, 0.3) is 0 Å². The molecule has 0 saturated heterocycles. The lowest BCUT2D eigenvalue weighted by Crippen LogP contribution is -2.28. The van der Waals surface area contributed by atoms with Gasteiger partial charge in [-0.3, -0.25) is 9.59 Å². The molecule has 1 saturated carbocycles. The molecular formula is C14H13NO4. The third-order valence-corrected chi connectivity index (χ3v) is 3.87. The van der Waals surface area contributed by atoms with E-state index in [1.165, 1.54) is 0 Å². The summed E-state index contributed by atoms with van der Waals surface area (Å²) >= 11 is 0. The van der Waals surface area contributed by atoms with E-state index in [-0.39, 0.29) is 30.4 Å². The van der Waals surface area contributed by atoms with Crippen LogP contribution in [0.3, 0.4) is 0 Å². The molecule has 0 unspecified atom stereocenters. The Morgan fingerprint density at radius 3 is 2.68 bits per heavy atom. The van der Waals surface area contributed by atoms with Crippen LogP contribution in [0.15, 0.2) is 12.1 Å². The number of amides is 1. The van der Waals surface area contributed by atoms with Gasteiger partial charge in [-0.05, 0) is 30.5 Å². The maximum Gasteiger partial charge on any atom is 0.231 e. The van der Waals surface area contributed by atoms with E-state index in [2.05, 4.69) is 5.32 Å². The summed E-state index contributed by atoms with van der Waals surface area (Å²) in [7, 11) is 0. The van der Waals surface area contributed by atoms with E-state index >= 15 is 0 Å². The first kappa shape index (κ1) is 10.8. The van der Waals surface area contributed by atoms with Crippen LogP contribution < -0.4 is 14.8 Å². The third kappa shape index (κ3) is 1.69. The molecule has 1 atom stereocenters. The van der Waals surface area contributed by atoms with Crippen molar-refractivity contribution in [1.82, 2.24) is 5.32 Å². The van der Waals surface area contributed by atoms with Crippen molar-refractivity contribution >= 4 is 11.7 Å². The summed E-state index contributed by atoms with van der Waals surface area (Å²) in [5.41, 5.74) is 1.49. The molecule has 19 heavy (non-hydrogen) atoms. The molecule has 1 heterocycles. The highest BCUT2D eigenvalue weighted by Gasteiger charge is 2.36. The second kappa shape index (κ2) is 3.73. The van der Waals surface area contributed by atoms with Crippen molar-refractivity contribution in [3.63, 3.8) is 0 Å². The molecule has 1 aliphatic heterocycles. The van der Waals surface area contributed by atoms with Crippen LogP contribution in [-0.4, -0.2) is 18.5 Å². The van der Waals surface area contributed by atoms with E-state index in [0.29, 0.717) is 23.5 Å². The number of ether oxygens (including phenoxy) is 2. The lowest BCUT2D eigenvalue weighted by molar-refractivity contribution is -0.123. The predicted octanol–water partition coefficient (Wildman–Crippen LogP) is 1.57. The van der Waals surface area contributed by atoms with E-state index < -0.39 is 0 Å². The van der Waals surface area contributed by atoms with Gasteiger partial charge >= 0.3 is 0 Å². The van der Waals surface area contributed by atoms with Crippen LogP contribution in [0, 0.1) is 5.92 Å². The van der Waals surface area contributed by atoms with Crippen molar-refractivity contribution in [3.8, 4) is 11.5 Å². The van der Waals surface area contributed by atoms with Gasteiger partial charge in [-0.2, -0.15) is 0 Å². The largest absolute Gasteiger partial charge is 0.454 e. The molecule has 1 amide bonds. The molecule has 0 bridgehead atoms. The van der Waals surface area contributed by atoms with E-state index in [0.717, 1.165) is 18.4 Å². The molecule has 1 aromatic carbocycles. The van der Waals surface area contributed by atoms with Crippen LogP contribution in [0.4, 0.5) is 0 Å². The number of carbonyl (C=O) groups is 2. The van der Waals surface area contributed by atoms with Gasteiger partial charge in [0, 0.05) is 17.9 Å². The molecule has 0 spiro atoms. The van der Waals surface area contributed by atoms with Gasteiger partial charge < -0.3 is 14.8 Å². The molecule has 5 nitrogen and oxygen atoms in total. The van der Waals surface area contributed by atoms with Gasteiger partial charge in [0.05, 0.1) is 6.04 Å². The topological polar surface area (TPSA) is 64.6 Å². The number of carbonyl (C=O) groups excluding carboxylic acids is 2. The van der Waals surface area contributed by atoms with Gasteiger partial charge in [-0.15, -0.1) is 0 Å². The Morgan fingerprint density at radius 1 is 1.21 bits per heavy atom. The Bertz CT molecular complexity index is 591. The van der Waals surface area contributed by atoms with Crippen molar-refractivity contribution in [1.29, 1.82) is 0 Å². The highest BCUT2D eigenvalue weighted by atomic mass is 16.7. The van der Waals surface area contributed by atoms with Gasteiger partial charge in [-0.1, -0.05) is 0 Å². The quantitative estimate of drug-likeness (QED) is 0.875. The lowest BCUT2D eigenvalue weighted by atomic mass is 10.1. The van der Waals surface area contributed by atoms with Crippen molar-refractivity contribution in [2.45, 2.75) is 25.3 Å². The fraction of sp³-hybridized carbons (Fsp3) is 0.429. The molecule has 2 aliphatic carbocycles. The molecule has 98 valence electrons. The summed E-state index contributed by atoms with van der Waals surface area (Å²) in [6.45, 7) is 0.186. The molecule has 5 heteroatoms. The fourth-order valence-electron chi connectivity index (χ4n) is 2.66. The van der Waals surface area contributed by atoms with Crippen molar-refractivity contribution in [2.24, 2.45) is 5.92 Å². The zero-order chi connectivity index (χ0) is 13.0. The summed E-state index contributed by atoms with van der Waals surface area (Å²) in [6.07, 6.45) is 2.25. The Hall–Kier alpha value is -2.04. The van der Waals surface area contributed by atoms with E-state index in [9.17, 15) is 9.59 Å². The summed E-state index contributed by atoms with van der Waals surface area (Å²) in [4.78, 5) is 23.8. The average Bonchev–Trinajstić information content (AvgIpc) is 3.08. The van der Waals surface area contributed by atoms with Gasteiger partial charge in [-0.25, -0.2) is 0 Å². The standard InChI is InChI=1S/C14H13NO4/c16-11-5-10(15-14(17)7-1-2-7)8-3-12-13(4-9(8)11)19-6-18-12/h3-4,7,10H,1-2,5-6H2,(H,15,17)/t10-/m1/s1. The molecule has 1 aromatic rings. The molecule has 1 fully saturated rings. The zero-order valence-electron chi connectivity index (χ0n) is 10.3. The van der Waals surface area contributed by atoms with Crippen LogP contribution in [0.5, 0.6) is 11.5 Å². The smallest absolute Gasteiger partial charge is 0.231 e. The number of hydrogen-bond donors (Lipinski definition) is 1. The van der Waals surface area contributed by atoms with Crippen LogP contribution in [0.25, 0.3) is 0 Å². The SMILES string of the molecule is O=C1C[C@@H](NC(=O)C2CC2)c2cc3c(cc21)OCO3. The van der Waals surface area contributed by atoms with E-state index in [4.69, 9.17) is 9.47 Å². The number of nitrogens with one attached hydrogen (secondary N) is 1. The Labute approximate surface area is 109 Å². The molecular weight excluding hydrogens is 246 g/mol. The summed E-state index contributed by atoms with van der Waals surface area (Å²) < 4.78 is 10.6. The van der Waals surface area contributed by atoms with Gasteiger partial charge in [0.1, 0.15) is 0 Å². The van der Waals surface area contributed by atoms with Crippen LogP contribution in [-0.2, 0) is 4.79 Å². The Kier molecular flexibility index (Phi) is 2.13. The monoisotopic (exact) mass is 259 g/mol. The minimum Gasteiger partial charge on any atom is -0.454 e. The van der Waals surface area contributed by atoms with Gasteiger partial charge in [0.2, 0.25) is 12.7 Å². The molecule has 3 aliphatic rings. The summed E-state index contributed by atoms with van der Waals surface area (Å²) in [5, 5.41) is 2.96. The van der Waals surface area contributed by atoms with E-state index in [1.54, 1.807) is 6.07 Å². The maximum absolute atomic E-state index is 12.0. The van der Waals surface area contributed by atoms with Crippen LogP contribution in [0.1, 0.15) is 41.2 Å². The fourth-order valence-corrected chi connectivity index (χ4v) is 2.66. The number of benzene rings is 1. The first-order chi connectivity index (χ1) is 9.22. The highest BCUT2D eigenvalue weighted by Crippen LogP contribution is 2.42. The number of fused-ring (bicyclic) bond motifs is 2. The average molecular weight is 259 g/mol. The first-order valence-corrected chi connectivity index (χ1v) is 6.49. The molecule has 4 rings (SSSR count). The number of ketones is 1. The van der Waals surface area contributed by atoms with Crippen molar-refractivity contribution < 1.29 is 19.1 Å². The normalized spacial score (nSPS) is 23.4. The number of hydrogen-bond acceptors (Lipinski definition) is 4. The van der Waals surface area contributed by atoms with Crippen LogP contribution >= 0.6 is 0 Å². The highest BCUT2D eigenvalue weighted by molar-refractivity contribution is 6.02. The second-order valence-corrected chi connectivity index (χ2v) is 5.26. The Morgan fingerprint density at radius 2 is 1.95 bits per heavy atom. The van der Waals surface area contributed by atoms with Crippen molar-refractivity contribution in [3.05, 3.63) is 23.3 Å². The first-order valence-electron chi connectivity index (χ1n) is 6.49. The minimum absolute atomic E-state index is 0.0504. The summed E-state index contributed by atoms with van der Waals surface area (Å²) in [5.74, 6) is 1.52. The van der Waals surface area contributed by atoms with Gasteiger partial charge in [0.15, 0.2) is 17.3 Å². The summed E-state index contributed by atoms with van der Waals surface area (Å²) in [6, 6.07) is 3.33. The third-order valence-electron chi connectivity index (χ3n) is 3.87.